The maximum atomic E-state index is 12.2. The van der Waals surface area contributed by atoms with Crippen molar-refractivity contribution in [3.8, 4) is 0 Å². The minimum atomic E-state index is -0.518. The molecule has 1 saturated heterocycles. The lowest BCUT2D eigenvalue weighted by atomic mass is 10.2. The number of nitrogens with zero attached hydrogens (tertiary/aromatic N) is 2. The highest BCUT2D eigenvalue weighted by Crippen LogP contribution is 2.12. The minimum Gasteiger partial charge on any atom is -0.445 e. The Labute approximate surface area is 155 Å². The number of nitrogens with one attached hydrogen (secondary N) is 1. The Morgan fingerprint density at radius 1 is 1.08 bits per heavy atom. The lowest BCUT2D eigenvalue weighted by Crippen LogP contribution is -2.51. The van der Waals surface area contributed by atoms with E-state index in [9.17, 15) is 14.4 Å². The highest BCUT2D eigenvalue weighted by molar-refractivity contribution is 5.76. The van der Waals surface area contributed by atoms with E-state index in [1.54, 1.807) is 9.80 Å². The van der Waals surface area contributed by atoms with Crippen LogP contribution in [0, 0.1) is 0 Å². The standard InChI is InChI=1S/C18H31N3O5/c1-5-14-25-16(23)19-9-7-6-8-15(22)20-10-12-21(13-11-20)17(24)26-18(2,3)4/h5H,1,6-14H2,2-4H3,(H,19,23). The molecule has 1 aliphatic heterocycles. The van der Waals surface area contributed by atoms with Gasteiger partial charge in [0.25, 0.3) is 0 Å². The Kier molecular flexibility index (Phi) is 8.95. The van der Waals surface area contributed by atoms with E-state index in [0.29, 0.717) is 52.0 Å². The van der Waals surface area contributed by atoms with Crippen LogP contribution in [0.25, 0.3) is 0 Å². The van der Waals surface area contributed by atoms with Gasteiger partial charge in [-0.05, 0) is 33.6 Å². The molecular formula is C18H31N3O5. The van der Waals surface area contributed by atoms with Crippen molar-refractivity contribution in [1.29, 1.82) is 0 Å². The summed E-state index contributed by atoms with van der Waals surface area (Å²) < 4.78 is 10.1. The van der Waals surface area contributed by atoms with Crippen molar-refractivity contribution in [2.75, 3.05) is 39.3 Å². The van der Waals surface area contributed by atoms with Crippen molar-refractivity contribution in [1.82, 2.24) is 15.1 Å². The number of alkyl carbamates (subject to hydrolysis) is 1. The van der Waals surface area contributed by atoms with E-state index in [1.165, 1.54) is 6.08 Å². The van der Waals surface area contributed by atoms with Gasteiger partial charge in [0.2, 0.25) is 5.91 Å². The summed E-state index contributed by atoms with van der Waals surface area (Å²) in [5.41, 5.74) is -0.518. The smallest absolute Gasteiger partial charge is 0.410 e. The third-order valence-corrected chi connectivity index (χ3v) is 3.70. The van der Waals surface area contributed by atoms with Crippen molar-refractivity contribution in [2.45, 2.75) is 45.6 Å². The van der Waals surface area contributed by atoms with Gasteiger partial charge in [-0.1, -0.05) is 12.7 Å². The minimum absolute atomic E-state index is 0.0723. The normalized spacial score (nSPS) is 14.6. The molecule has 0 aromatic rings. The van der Waals surface area contributed by atoms with E-state index in [-0.39, 0.29) is 18.6 Å². The zero-order chi connectivity index (χ0) is 19.6. The number of piperazine rings is 1. The number of ether oxygens (including phenoxy) is 2. The number of hydrogen-bond acceptors (Lipinski definition) is 5. The third-order valence-electron chi connectivity index (χ3n) is 3.70. The van der Waals surface area contributed by atoms with Crippen molar-refractivity contribution in [3.63, 3.8) is 0 Å². The maximum Gasteiger partial charge on any atom is 0.410 e. The van der Waals surface area contributed by atoms with Gasteiger partial charge in [-0.3, -0.25) is 4.79 Å². The van der Waals surface area contributed by atoms with E-state index < -0.39 is 11.7 Å². The number of unbranched alkanes of at least 4 members (excludes halogenated alkanes) is 1. The molecule has 0 aliphatic carbocycles. The monoisotopic (exact) mass is 369 g/mol. The number of amides is 3. The predicted octanol–water partition coefficient (Wildman–Crippen LogP) is 2.15. The fraction of sp³-hybridized carbons (Fsp3) is 0.722. The van der Waals surface area contributed by atoms with E-state index in [2.05, 4.69) is 11.9 Å². The van der Waals surface area contributed by atoms with Crippen LogP contribution in [-0.2, 0) is 14.3 Å². The highest BCUT2D eigenvalue weighted by Gasteiger charge is 2.27. The Bertz CT molecular complexity index is 494. The first-order valence-electron chi connectivity index (χ1n) is 9.00. The van der Waals surface area contributed by atoms with Crippen molar-refractivity contribution in [3.05, 3.63) is 12.7 Å². The average molecular weight is 369 g/mol. The quantitative estimate of drug-likeness (QED) is 0.549. The van der Waals surface area contributed by atoms with Crippen LogP contribution >= 0.6 is 0 Å². The summed E-state index contributed by atoms with van der Waals surface area (Å²) in [6.07, 6.45) is 2.50. The molecule has 0 unspecified atom stereocenters. The molecular weight excluding hydrogens is 338 g/mol. The SMILES string of the molecule is C=CCOC(=O)NCCCCC(=O)N1CCN(C(=O)OC(C)(C)C)CC1. The summed E-state index contributed by atoms with van der Waals surface area (Å²) in [5.74, 6) is 0.0723. The molecule has 148 valence electrons. The zero-order valence-electron chi connectivity index (χ0n) is 16.1. The molecule has 1 rings (SSSR count). The Hall–Kier alpha value is -2.25. The summed E-state index contributed by atoms with van der Waals surface area (Å²) in [6, 6.07) is 0. The average Bonchev–Trinajstić information content (AvgIpc) is 2.58. The molecule has 8 nitrogen and oxygen atoms in total. The molecule has 0 atom stereocenters. The second-order valence-electron chi connectivity index (χ2n) is 7.12. The van der Waals surface area contributed by atoms with Crippen LogP contribution in [-0.4, -0.2) is 72.8 Å². The van der Waals surface area contributed by atoms with Gasteiger partial charge in [0.1, 0.15) is 12.2 Å². The summed E-state index contributed by atoms with van der Waals surface area (Å²) in [5, 5.41) is 2.62. The zero-order valence-corrected chi connectivity index (χ0v) is 16.1. The first-order valence-corrected chi connectivity index (χ1v) is 9.00. The second-order valence-corrected chi connectivity index (χ2v) is 7.12. The van der Waals surface area contributed by atoms with Gasteiger partial charge in [-0.15, -0.1) is 0 Å². The summed E-state index contributed by atoms with van der Waals surface area (Å²) >= 11 is 0. The van der Waals surface area contributed by atoms with Crippen LogP contribution in [0.4, 0.5) is 9.59 Å². The highest BCUT2D eigenvalue weighted by atomic mass is 16.6. The Morgan fingerprint density at radius 2 is 1.69 bits per heavy atom. The molecule has 0 aromatic carbocycles. The van der Waals surface area contributed by atoms with Crippen molar-refractivity contribution < 1.29 is 23.9 Å². The molecule has 1 aliphatic rings. The van der Waals surface area contributed by atoms with Crippen molar-refractivity contribution >= 4 is 18.1 Å². The van der Waals surface area contributed by atoms with E-state index >= 15 is 0 Å². The molecule has 8 heteroatoms. The molecule has 26 heavy (non-hydrogen) atoms. The first-order chi connectivity index (χ1) is 12.2. The van der Waals surface area contributed by atoms with Gasteiger partial charge in [0, 0.05) is 39.1 Å². The Balaban J connectivity index is 2.17. The molecule has 0 saturated carbocycles. The number of rotatable bonds is 7. The van der Waals surface area contributed by atoms with Crippen LogP contribution in [0.15, 0.2) is 12.7 Å². The van der Waals surface area contributed by atoms with Crippen molar-refractivity contribution in [2.24, 2.45) is 0 Å². The van der Waals surface area contributed by atoms with E-state index in [4.69, 9.17) is 9.47 Å². The topological polar surface area (TPSA) is 88.2 Å². The van der Waals surface area contributed by atoms with Gasteiger partial charge in [0.15, 0.2) is 0 Å². The van der Waals surface area contributed by atoms with Crippen LogP contribution in [0.1, 0.15) is 40.0 Å². The molecule has 0 aromatic heterocycles. The fourth-order valence-corrected chi connectivity index (χ4v) is 2.40. The van der Waals surface area contributed by atoms with Gasteiger partial charge in [0.05, 0.1) is 0 Å². The molecule has 0 bridgehead atoms. The number of carbonyl (C=O) groups is 3. The maximum absolute atomic E-state index is 12.2. The summed E-state index contributed by atoms with van der Waals surface area (Å²) in [7, 11) is 0. The van der Waals surface area contributed by atoms with Crippen LogP contribution in [0.5, 0.6) is 0 Å². The fourth-order valence-electron chi connectivity index (χ4n) is 2.40. The van der Waals surface area contributed by atoms with Gasteiger partial charge in [-0.25, -0.2) is 9.59 Å². The largest absolute Gasteiger partial charge is 0.445 e. The lowest BCUT2D eigenvalue weighted by Gasteiger charge is -2.35. The van der Waals surface area contributed by atoms with Crippen LogP contribution in [0.2, 0.25) is 0 Å². The molecule has 0 spiro atoms. The summed E-state index contributed by atoms with van der Waals surface area (Å²) in [4.78, 5) is 38.8. The predicted molar refractivity (Wildman–Crippen MR) is 97.8 cm³/mol. The lowest BCUT2D eigenvalue weighted by molar-refractivity contribution is -0.133. The van der Waals surface area contributed by atoms with Gasteiger partial charge < -0.3 is 24.6 Å². The van der Waals surface area contributed by atoms with E-state index in [0.717, 1.165) is 0 Å². The van der Waals surface area contributed by atoms with Gasteiger partial charge in [-0.2, -0.15) is 0 Å². The Morgan fingerprint density at radius 3 is 2.27 bits per heavy atom. The molecule has 1 heterocycles. The number of carbonyl (C=O) groups excluding carboxylic acids is 3. The molecule has 3 amide bonds. The second kappa shape index (κ2) is 10.7. The molecule has 1 fully saturated rings. The summed E-state index contributed by atoms with van der Waals surface area (Å²) in [6.45, 7) is 11.6. The van der Waals surface area contributed by atoms with Crippen LogP contribution in [0.3, 0.4) is 0 Å². The number of hydrogen-bond donors (Lipinski definition) is 1. The first kappa shape index (κ1) is 21.8. The molecule has 1 N–H and O–H groups in total. The van der Waals surface area contributed by atoms with Gasteiger partial charge >= 0.3 is 12.2 Å². The molecule has 0 radical (unpaired) electrons. The van der Waals surface area contributed by atoms with E-state index in [1.807, 2.05) is 20.8 Å². The third kappa shape index (κ3) is 8.73. The van der Waals surface area contributed by atoms with Crippen LogP contribution < -0.4 is 5.32 Å².